The quantitative estimate of drug-likeness (QED) is 0.811. The Hall–Kier alpha value is -1.58. The molecule has 2 aromatic heterocycles. The number of fused-ring (bicyclic) bond motifs is 1. The fraction of sp³-hybridized carbons (Fsp3) is 0.571. The third-order valence-electron chi connectivity index (χ3n) is 4.28. The van der Waals surface area contributed by atoms with E-state index in [4.69, 9.17) is 0 Å². The number of aryl methyl sites for hydroxylation is 1. The number of hydrogen-bond acceptors (Lipinski definition) is 2. The lowest BCUT2D eigenvalue weighted by Gasteiger charge is -2.29. The lowest BCUT2D eigenvalue weighted by atomic mass is 9.76. The SMILES string of the molecule is Cc1[nH]nc2[nH]c(=O)cc([C@H]3CCCC[C@H]3C)c12. The van der Waals surface area contributed by atoms with Crippen LogP contribution in [0.4, 0.5) is 0 Å². The van der Waals surface area contributed by atoms with Crippen molar-refractivity contribution in [3.8, 4) is 0 Å². The number of hydrogen-bond donors (Lipinski definition) is 2. The molecule has 0 radical (unpaired) electrons. The fourth-order valence-electron chi connectivity index (χ4n) is 3.31. The molecule has 0 aliphatic heterocycles. The molecule has 2 atom stereocenters. The number of pyridine rings is 1. The van der Waals surface area contributed by atoms with Gasteiger partial charge in [0.05, 0.1) is 0 Å². The van der Waals surface area contributed by atoms with E-state index in [0.717, 1.165) is 11.1 Å². The van der Waals surface area contributed by atoms with Crippen LogP contribution in [0.25, 0.3) is 11.0 Å². The molecule has 2 aromatic rings. The highest BCUT2D eigenvalue weighted by Crippen LogP contribution is 2.39. The van der Waals surface area contributed by atoms with Crippen LogP contribution >= 0.6 is 0 Å². The molecule has 2 heterocycles. The molecular weight excluding hydrogens is 226 g/mol. The number of nitrogens with one attached hydrogen (secondary N) is 2. The van der Waals surface area contributed by atoms with Crippen molar-refractivity contribution in [3.05, 3.63) is 27.7 Å². The normalized spacial score (nSPS) is 24.6. The maximum Gasteiger partial charge on any atom is 0.249 e. The van der Waals surface area contributed by atoms with Gasteiger partial charge in [-0.25, -0.2) is 0 Å². The van der Waals surface area contributed by atoms with E-state index in [2.05, 4.69) is 22.1 Å². The van der Waals surface area contributed by atoms with Gasteiger partial charge in [0.2, 0.25) is 5.56 Å². The average Bonchev–Trinajstić information content (AvgIpc) is 2.71. The van der Waals surface area contributed by atoms with E-state index < -0.39 is 0 Å². The number of H-pyrrole nitrogens is 2. The van der Waals surface area contributed by atoms with Gasteiger partial charge in [0.1, 0.15) is 0 Å². The number of aromatic amines is 2. The molecule has 0 amide bonds. The van der Waals surface area contributed by atoms with E-state index in [9.17, 15) is 4.79 Å². The smallest absolute Gasteiger partial charge is 0.249 e. The Bertz CT molecular complexity index is 625. The largest absolute Gasteiger partial charge is 0.305 e. The second-order valence-corrected chi connectivity index (χ2v) is 5.53. The van der Waals surface area contributed by atoms with Gasteiger partial charge in [0.15, 0.2) is 5.65 Å². The zero-order valence-corrected chi connectivity index (χ0v) is 10.9. The molecule has 0 unspecified atom stereocenters. The molecule has 18 heavy (non-hydrogen) atoms. The third-order valence-corrected chi connectivity index (χ3v) is 4.28. The van der Waals surface area contributed by atoms with Crippen LogP contribution in [0.3, 0.4) is 0 Å². The maximum absolute atomic E-state index is 11.8. The molecule has 0 spiro atoms. The van der Waals surface area contributed by atoms with Crippen molar-refractivity contribution in [2.75, 3.05) is 0 Å². The van der Waals surface area contributed by atoms with Crippen LogP contribution in [0.2, 0.25) is 0 Å². The number of nitrogens with zero attached hydrogens (tertiary/aromatic N) is 1. The standard InChI is InChI=1S/C14H19N3O/c1-8-5-3-4-6-10(8)11-7-12(18)15-14-13(11)9(2)16-17-14/h7-8,10H,3-6H2,1-2H3,(H2,15,16,17,18)/t8-,10+/m1/s1. The van der Waals surface area contributed by atoms with Crippen molar-refractivity contribution in [2.45, 2.75) is 45.4 Å². The summed E-state index contributed by atoms with van der Waals surface area (Å²) in [6.45, 7) is 4.32. The molecule has 0 aromatic carbocycles. The van der Waals surface area contributed by atoms with E-state index in [1.165, 1.54) is 31.2 Å². The molecule has 1 saturated carbocycles. The topological polar surface area (TPSA) is 61.5 Å². The summed E-state index contributed by atoms with van der Waals surface area (Å²) in [7, 11) is 0. The van der Waals surface area contributed by atoms with Crippen LogP contribution in [0, 0.1) is 12.8 Å². The predicted molar refractivity (Wildman–Crippen MR) is 71.8 cm³/mol. The van der Waals surface area contributed by atoms with Gasteiger partial charge in [-0.05, 0) is 30.7 Å². The Balaban J connectivity index is 2.20. The van der Waals surface area contributed by atoms with E-state index in [0.29, 0.717) is 17.5 Å². The monoisotopic (exact) mass is 245 g/mol. The van der Waals surface area contributed by atoms with Crippen molar-refractivity contribution >= 4 is 11.0 Å². The minimum absolute atomic E-state index is 0.0400. The van der Waals surface area contributed by atoms with Crippen LogP contribution in [0.5, 0.6) is 0 Å². The summed E-state index contributed by atoms with van der Waals surface area (Å²) in [5.74, 6) is 1.15. The molecule has 3 rings (SSSR count). The first-order valence-corrected chi connectivity index (χ1v) is 6.74. The van der Waals surface area contributed by atoms with Gasteiger partial charge in [0.25, 0.3) is 0 Å². The molecule has 96 valence electrons. The summed E-state index contributed by atoms with van der Waals surface area (Å²) < 4.78 is 0. The minimum Gasteiger partial charge on any atom is -0.305 e. The summed E-state index contributed by atoms with van der Waals surface area (Å²) in [6, 6.07) is 1.78. The zero-order chi connectivity index (χ0) is 12.7. The van der Waals surface area contributed by atoms with Gasteiger partial charge >= 0.3 is 0 Å². The molecule has 1 aliphatic carbocycles. The molecular formula is C14H19N3O. The highest BCUT2D eigenvalue weighted by Gasteiger charge is 2.26. The lowest BCUT2D eigenvalue weighted by molar-refractivity contribution is 0.332. The zero-order valence-electron chi connectivity index (χ0n) is 10.9. The van der Waals surface area contributed by atoms with Crippen molar-refractivity contribution < 1.29 is 0 Å². The van der Waals surface area contributed by atoms with E-state index in [1.54, 1.807) is 6.07 Å². The Kier molecular flexibility index (Phi) is 2.73. The lowest BCUT2D eigenvalue weighted by Crippen LogP contribution is -2.18. The maximum atomic E-state index is 11.8. The van der Waals surface area contributed by atoms with Gasteiger partial charge in [0, 0.05) is 17.1 Å². The Morgan fingerprint density at radius 3 is 2.89 bits per heavy atom. The summed E-state index contributed by atoms with van der Waals surface area (Å²) in [5.41, 5.74) is 2.90. The predicted octanol–water partition coefficient (Wildman–Crippen LogP) is 2.85. The van der Waals surface area contributed by atoms with Crippen LogP contribution in [-0.2, 0) is 0 Å². The van der Waals surface area contributed by atoms with Gasteiger partial charge in [-0.2, -0.15) is 5.10 Å². The van der Waals surface area contributed by atoms with Crippen molar-refractivity contribution in [1.29, 1.82) is 0 Å². The van der Waals surface area contributed by atoms with E-state index in [1.807, 2.05) is 6.92 Å². The Morgan fingerprint density at radius 2 is 2.11 bits per heavy atom. The highest BCUT2D eigenvalue weighted by atomic mass is 16.1. The molecule has 1 fully saturated rings. The molecule has 0 bridgehead atoms. The summed E-state index contributed by atoms with van der Waals surface area (Å²) in [6.07, 6.45) is 5.02. The molecule has 0 saturated heterocycles. The summed E-state index contributed by atoms with van der Waals surface area (Å²) in [5, 5.41) is 8.28. The first kappa shape index (κ1) is 11.5. The second kappa shape index (κ2) is 4.26. The average molecular weight is 245 g/mol. The van der Waals surface area contributed by atoms with Gasteiger partial charge in [-0.15, -0.1) is 0 Å². The van der Waals surface area contributed by atoms with E-state index in [-0.39, 0.29) is 5.56 Å². The van der Waals surface area contributed by atoms with Gasteiger partial charge in [-0.3, -0.25) is 9.89 Å². The summed E-state index contributed by atoms with van der Waals surface area (Å²) >= 11 is 0. The van der Waals surface area contributed by atoms with Crippen LogP contribution < -0.4 is 5.56 Å². The molecule has 4 heteroatoms. The van der Waals surface area contributed by atoms with E-state index >= 15 is 0 Å². The van der Waals surface area contributed by atoms with Gasteiger partial charge in [-0.1, -0.05) is 26.2 Å². The second-order valence-electron chi connectivity index (χ2n) is 5.53. The number of rotatable bonds is 1. The van der Waals surface area contributed by atoms with Crippen molar-refractivity contribution in [1.82, 2.24) is 15.2 Å². The fourth-order valence-corrected chi connectivity index (χ4v) is 3.31. The third kappa shape index (κ3) is 1.76. The minimum atomic E-state index is -0.0400. The molecule has 1 aliphatic rings. The highest BCUT2D eigenvalue weighted by molar-refractivity contribution is 5.81. The van der Waals surface area contributed by atoms with Crippen molar-refractivity contribution in [2.24, 2.45) is 5.92 Å². The van der Waals surface area contributed by atoms with Crippen LogP contribution in [-0.4, -0.2) is 15.2 Å². The molecule has 4 nitrogen and oxygen atoms in total. The first-order chi connectivity index (χ1) is 8.66. The summed E-state index contributed by atoms with van der Waals surface area (Å²) in [4.78, 5) is 14.6. The van der Waals surface area contributed by atoms with Crippen LogP contribution in [0.1, 0.15) is 49.8 Å². The first-order valence-electron chi connectivity index (χ1n) is 6.74. The molecule has 2 N–H and O–H groups in total. The number of aromatic nitrogens is 3. The van der Waals surface area contributed by atoms with Crippen LogP contribution in [0.15, 0.2) is 10.9 Å². The van der Waals surface area contributed by atoms with Gasteiger partial charge < -0.3 is 4.98 Å². The Morgan fingerprint density at radius 1 is 1.33 bits per heavy atom. The van der Waals surface area contributed by atoms with Crippen molar-refractivity contribution in [3.63, 3.8) is 0 Å². The Labute approximate surface area is 106 Å².